The molecule has 0 aromatic rings. The number of rotatable bonds is 8. The van der Waals surface area contributed by atoms with Crippen molar-refractivity contribution in [1.82, 2.24) is 4.90 Å². The molecule has 1 unspecified atom stereocenters. The van der Waals surface area contributed by atoms with Crippen molar-refractivity contribution in [2.24, 2.45) is 5.73 Å². The van der Waals surface area contributed by atoms with Crippen LogP contribution in [0.1, 0.15) is 66.2 Å². The third-order valence-corrected chi connectivity index (χ3v) is 5.26. The molecule has 3 heteroatoms. The highest BCUT2D eigenvalue weighted by Crippen LogP contribution is 2.33. The average Bonchev–Trinajstić information content (AvgIpc) is 2.93. The lowest BCUT2D eigenvalue weighted by molar-refractivity contribution is 0.00305. The molecule has 1 rings (SSSR count). The first-order valence-corrected chi connectivity index (χ1v) is 7.97. The van der Waals surface area contributed by atoms with Crippen molar-refractivity contribution >= 4 is 0 Å². The van der Waals surface area contributed by atoms with Gasteiger partial charge in [-0.15, -0.1) is 0 Å². The van der Waals surface area contributed by atoms with Crippen LogP contribution < -0.4 is 5.73 Å². The zero-order chi connectivity index (χ0) is 14.5. The molecular weight excluding hydrogens is 236 g/mol. The Labute approximate surface area is 119 Å². The van der Waals surface area contributed by atoms with Crippen LogP contribution in [0.3, 0.4) is 0 Å². The highest BCUT2D eigenvalue weighted by atomic mass is 16.5. The third kappa shape index (κ3) is 3.93. The minimum Gasteiger partial charge on any atom is -0.379 e. The van der Waals surface area contributed by atoms with Gasteiger partial charge in [-0.05, 0) is 65.5 Å². The predicted octanol–water partition coefficient (Wildman–Crippen LogP) is 3.17. The molecule has 19 heavy (non-hydrogen) atoms. The topological polar surface area (TPSA) is 38.5 Å². The summed E-state index contributed by atoms with van der Waals surface area (Å²) in [4.78, 5) is 2.65. The van der Waals surface area contributed by atoms with Crippen LogP contribution in [0.5, 0.6) is 0 Å². The molecule has 1 fully saturated rings. The van der Waals surface area contributed by atoms with Crippen molar-refractivity contribution in [1.29, 1.82) is 0 Å². The maximum Gasteiger partial charge on any atom is 0.0623 e. The van der Waals surface area contributed by atoms with Gasteiger partial charge in [0.05, 0.1) is 5.60 Å². The maximum atomic E-state index is 6.62. The molecule has 0 aliphatic carbocycles. The number of ether oxygens (including phenoxy) is 1. The third-order valence-electron chi connectivity index (χ3n) is 5.26. The van der Waals surface area contributed by atoms with E-state index < -0.39 is 0 Å². The van der Waals surface area contributed by atoms with Gasteiger partial charge in [-0.25, -0.2) is 0 Å². The molecule has 0 amide bonds. The lowest BCUT2D eigenvalue weighted by atomic mass is 9.80. The predicted molar refractivity (Wildman–Crippen MR) is 82.4 cm³/mol. The molecule has 1 heterocycles. The molecule has 1 atom stereocenters. The summed E-state index contributed by atoms with van der Waals surface area (Å²) in [6.45, 7) is 11.3. The van der Waals surface area contributed by atoms with Crippen molar-refractivity contribution in [3.05, 3.63) is 0 Å². The highest BCUT2D eigenvalue weighted by Gasteiger charge is 2.40. The van der Waals surface area contributed by atoms with Gasteiger partial charge in [0.25, 0.3) is 0 Å². The fourth-order valence-electron chi connectivity index (χ4n) is 3.49. The van der Waals surface area contributed by atoms with Crippen LogP contribution in [0, 0.1) is 0 Å². The summed E-state index contributed by atoms with van der Waals surface area (Å²) in [5, 5.41) is 0. The van der Waals surface area contributed by atoms with E-state index in [1.165, 1.54) is 25.9 Å². The van der Waals surface area contributed by atoms with E-state index in [1.54, 1.807) is 7.11 Å². The van der Waals surface area contributed by atoms with Gasteiger partial charge in [0.15, 0.2) is 0 Å². The molecule has 3 nitrogen and oxygen atoms in total. The van der Waals surface area contributed by atoms with Gasteiger partial charge in [-0.2, -0.15) is 0 Å². The van der Waals surface area contributed by atoms with E-state index in [-0.39, 0.29) is 17.2 Å². The van der Waals surface area contributed by atoms with Crippen molar-refractivity contribution in [2.45, 2.75) is 83.4 Å². The van der Waals surface area contributed by atoms with Crippen LogP contribution in [0.25, 0.3) is 0 Å². The fourth-order valence-corrected chi connectivity index (χ4v) is 3.49. The van der Waals surface area contributed by atoms with Crippen LogP contribution in [-0.4, -0.2) is 42.3 Å². The van der Waals surface area contributed by atoms with Gasteiger partial charge >= 0.3 is 0 Å². The number of nitrogens with two attached hydrogens (primary N) is 1. The molecule has 1 saturated heterocycles. The van der Waals surface area contributed by atoms with Crippen molar-refractivity contribution < 1.29 is 4.74 Å². The summed E-state index contributed by atoms with van der Waals surface area (Å²) in [7, 11) is 1.79. The average molecular weight is 270 g/mol. The summed E-state index contributed by atoms with van der Waals surface area (Å²) in [6, 6.07) is 0.245. The van der Waals surface area contributed by atoms with Crippen LogP contribution in [0.2, 0.25) is 0 Å². The number of methoxy groups -OCH3 is 1. The van der Waals surface area contributed by atoms with Crippen molar-refractivity contribution in [3.63, 3.8) is 0 Å². The lowest BCUT2D eigenvalue weighted by Crippen LogP contribution is -2.58. The first-order valence-electron chi connectivity index (χ1n) is 7.97. The van der Waals surface area contributed by atoms with E-state index in [0.717, 1.165) is 25.7 Å². The lowest BCUT2D eigenvalue weighted by Gasteiger charge is -2.46. The minimum absolute atomic E-state index is 0.0597. The summed E-state index contributed by atoms with van der Waals surface area (Å²) < 4.78 is 5.52. The number of nitrogens with zero attached hydrogens (tertiary/aromatic N) is 1. The summed E-state index contributed by atoms with van der Waals surface area (Å²) in [5.74, 6) is 0. The zero-order valence-corrected chi connectivity index (χ0v) is 13.7. The molecular formula is C16H34N2O. The van der Waals surface area contributed by atoms with Gasteiger partial charge in [0.2, 0.25) is 0 Å². The highest BCUT2D eigenvalue weighted by molar-refractivity contribution is 4.99. The molecule has 2 N–H and O–H groups in total. The van der Waals surface area contributed by atoms with E-state index in [9.17, 15) is 0 Å². The largest absolute Gasteiger partial charge is 0.379 e. The molecule has 0 radical (unpaired) electrons. The Balaban J connectivity index is 2.69. The second kappa shape index (κ2) is 7.05. The van der Waals surface area contributed by atoms with Crippen molar-refractivity contribution in [2.75, 3.05) is 20.2 Å². The van der Waals surface area contributed by atoms with Crippen LogP contribution in [0.15, 0.2) is 0 Å². The molecule has 0 saturated carbocycles. The molecule has 0 spiro atoms. The monoisotopic (exact) mass is 270 g/mol. The van der Waals surface area contributed by atoms with Gasteiger partial charge in [-0.3, -0.25) is 4.90 Å². The Morgan fingerprint density at radius 2 is 1.68 bits per heavy atom. The number of hydrogen-bond donors (Lipinski definition) is 1. The summed E-state index contributed by atoms with van der Waals surface area (Å²) in [5.41, 5.74) is 6.75. The Bertz CT molecular complexity index is 255. The SMILES string of the molecule is CCC(CC)(C(N)CCC(C)(C)OC)N1CCCC1. The van der Waals surface area contributed by atoms with Gasteiger partial charge in [-0.1, -0.05) is 13.8 Å². The van der Waals surface area contributed by atoms with E-state index in [0.29, 0.717) is 0 Å². The number of hydrogen-bond acceptors (Lipinski definition) is 3. The first-order chi connectivity index (χ1) is 8.91. The maximum absolute atomic E-state index is 6.62. The van der Waals surface area contributed by atoms with E-state index >= 15 is 0 Å². The Morgan fingerprint density at radius 1 is 1.16 bits per heavy atom. The second-order valence-corrected chi connectivity index (χ2v) is 6.61. The molecule has 1 aliphatic rings. The standard InChI is InChI=1S/C16H34N2O/c1-6-16(7-2,18-12-8-9-13-18)14(17)10-11-15(3,4)19-5/h14H,6-13,17H2,1-5H3. The molecule has 114 valence electrons. The molecule has 1 aliphatic heterocycles. The van der Waals surface area contributed by atoms with Gasteiger partial charge in [0.1, 0.15) is 0 Å². The van der Waals surface area contributed by atoms with Crippen molar-refractivity contribution in [3.8, 4) is 0 Å². The fraction of sp³-hybridized carbons (Fsp3) is 1.00. The first kappa shape index (κ1) is 16.9. The summed E-state index contributed by atoms with van der Waals surface area (Å²) >= 11 is 0. The van der Waals surface area contributed by atoms with Gasteiger partial charge in [0, 0.05) is 18.7 Å². The second-order valence-electron chi connectivity index (χ2n) is 6.61. The Morgan fingerprint density at radius 3 is 2.11 bits per heavy atom. The number of likely N-dealkylation sites (tertiary alicyclic amines) is 1. The summed E-state index contributed by atoms with van der Waals surface area (Å²) in [6.07, 6.45) is 7.03. The Hall–Kier alpha value is -0.120. The quantitative estimate of drug-likeness (QED) is 0.736. The van der Waals surface area contributed by atoms with Crippen LogP contribution in [-0.2, 0) is 4.74 Å². The smallest absolute Gasteiger partial charge is 0.0623 e. The molecule has 0 aromatic heterocycles. The minimum atomic E-state index is -0.0597. The van der Waals surface area contributed by atoms with Crippen LogP contribution in [0.4, 0.5) is 0 Å². The molecule has 0 aromatic carbocycles. The van der Waals surface area contributed by atoms with E-state index in [2.05, 4.69) is 32.6 Å². The van der Waals surface area contributed by atoms with E-state index in [1.807, 2.05) is 0 Å². The van der Waals surface area contributed by atoms with E-state index in [4.69, 9.17) is 10.5 Å². The molecule has 0 bridgehead atoms. The normalized spacial score (nSPS) is 19.9. The van der Waals surface area contributed by atoms with Gasteiger partial charge < -0.3 is 10.5 Å². The van der Waals surface area contributed by atoms with Crippen LogP contribution >= 0.6 is 0 Å². The zero-order valence-electron chi connectivity index (χ0n) is 13.7. The Kier molecular flexibility index (Phi) is 6.28.